The second-order valence-corrected chi connectivity index (χ2v) is 9.87. The highest BCUT2D eigenvalue weighted by Crippen LogP contribution is 2.22. The highest BCUT2D eigenvalue weighted by molar-refractivity contribution is 5.91. The van der Waals surface area contributed by atoms with Crippen LogP contribution in [0.2, 0.25) is 0 Å². The summed E-state index contributed by atoms with van der Waals surface area (Å²) in [5.41, 5.74) is 1.59. The molecule has 2 atom stereocenters. The third-order valence-electron chi connectivity index (χ3n) is 5.43. The second-order valence-electron chi connectivity index (χ2n) is 9.87. The maximum absolute atomic E-state index is 13.1. The van der Waals surface area contributed by atoms with E-state index in [1.54, 1.807) is 39.8 Å². The molecule has 1 aromatic carbocycles. The number of esters is 1. The summed E-state index contributed by atoms with van der Waals surface area (Å²) < 4.78 is 9.91. The van der Waals surface area contributed by atoms with Gasteiger partial charge in [0.1, 0.15) is 23.4 Å². The largest absolute Gasteiger partial charge is 0.508 e. The minimum Gasteiger partial charge on any atom is -0.508 e. The van der Waals surface area contributed by atoms with Crippen molar-refractivity contribution < 1.29 is 33.8 Å². The van der Waals surface area contributed by atoms with Crippen LogP contribution in [-0.4, -0.2) is 60.3 Å². The highest BCUT2D eigenvalue weighted by atomic mass is 16.6. The fourth-order valence-corrected chi connectivity index (χ4v) is 3.57. The van der Waals surface area contributed by atoms with Gasteiger partial charge in [0.25, 0.3) is 0 Å². The third kappa shape index (κ3) is 11.4. The number of nitrogens with one attached hydrogen (secondary N) is 3. The van der Waals surface area contributed by atoms with Gasteiger partial charge in [0.15, 0.2) is 0 Å². The maximum Gasteiger partial charge on any atom is 0.408 e. The summed E-state index contributed by atoms with van der Waals surface area (Å²) in [6.07, 6.45) is 1.85. The van der Waals surface area contributed by atoms with Gasteiger partial charge < -0.3 is 30.5 Å². The molecule has 0 fully saturated rings. The van der Waals surface area contributed by atoms with Crippen molar-refractivity contribution >= 4 is 23.9 Å². The Hall–Kier alpha value is -3.30. The topological polar surface area (TPSA) is 143 Å². The molecular formula is C26H41N3O7. The van der Waals surface area contributed by atoms with E-state index in [4.69, 9.17) is 4.74 Å². The normalized spacial score (nSPS) is 12.8. The fraction of sp³-hybridized carbons (Fsp3) is 0.615. The van der Waals surface area contributed by atoms with Gasteiger partial charge in [-0.25, -0.2) is 4.79 Å². The molecule has 0 saturated carbocycles. The Morgan fingerprint density at radius 1 is 0.972 bits per heavy atom. The Balaban J connectivity index is 2.79. The van der Waals surface area contributed by atoms with E-state index in [1.807, 2.05) is 13.8 Å². The number of ether oxygens (including phenoxy) is 2. The van der Waals surface area contributed by atoms with Gasteiger partial charge in [0, 0.05) is 19.4 Å². The van der Waals surface area contributed by atoms with Gasteiger partial charge in [0.2, 0.25) is 11.8 Å². The number of benzene rings is 1. The van der Waals surface area contributed by atoms with Crippen LogP contribution < -0.4 is 16.0 Å². The summed E-state index contributed by atoms with van der Waals surface area (Å²) >= 11 is 0. The Kier molecular flexibility index (Phi) is 12.2. The van der Waals surface area contributed by atoms with Gasteiger partial charge >= 0.3 is 12.1 Å². The maximum atomic E-state index is 13.1. The van der Waals surface area contributed by atoms with E-state index >= 15 is 0 Å². The van der Waals surface area contributed by atoms with E-state index in [0.717, 1.165) is 23.1 Å². The van der Waals surface area contributed by atoms with Crippen LogP contribution in [0.3, 0.4) is 0 Å². The summed E-state index contributed by atoms with van der Waals surface area (Å²) in [5.74, 6) is -1.04. The van der Waals surface area contributed by atoms with E-state index < -0.39 is 29.7 Å². The number of phenolic OH excluding ortho intramolecular Hbond substituents is 1. The van der Waals surface area contributed by atoms with Crippen LogP contribution in [0, 0.1) is 13.8 Å². The molecule has 10 heteroatoms. The standard InChI is InChI=1S/C26H41N3O7/c1-16-13-19(30)14-17(2)20(16)15-21(29-25(34)36-26(4,5)6)24(33)28-18(3)23(32)27-12-10-8-9-11-22(31)35-7/h13-14,18,21,30H,8-12,15H2,1-7H3,(H,27,32)(H,28,33)(H,29,34)/t18-,21+/m1/s1. The van der Waals surface area contributed by atoms with E-state index in [2.05, 4.69) is 20.7 Å². The van der Waals surface area contributed by atoms with Crippen LogP contribution in [0.15, 0.2) is 12.1 Å². The number of alkyl carbamates (subject to hydrolysis) is 1. The smallest absolute Gasteiger partial charge is 0.408 e. The van der Waals surface area contributed by atoms with Gasteiger partial charge in [-0.1, -0.05) is 6.42 Å². The number of aryl methyl sites for hydroxylation is 2. The summed E-state index contributed by atoms with van der Waals surface area (Å²) in [6.45, 7) is 10.8. The van der Waals surface area contributed by atoms with Crippen molar-refractivity contribution in [2.75, 3.05) is 13.7 Å². The molecule has 0 saturated heterocycles. The van der Waals surface area contributed by atoms with Crippen LogP contribution in [0.5, 0.6) is 5.75 Å². The predicted octanol–water partition coefficient (Wildman–Crippen LogP) is 2.80. The number of hydrogen-bond acceptors (Lipinski definition) is 7. The molecule has 1 aromatic rings. The first kappa shape index (κ1) is 30.7. The molecule has 202 valence electrons. The molecule has 0 bridgehead atoms. The zero-order valence-electron chi connectivity index (χ0n) is 22.4. The van der Waals surface area contributed by atoms with E-state index in [-0.39, 0.29) is 24.0 Å². The average molecular weight is 508 g/mol. The first-order valence-electron chi connectivity index (χ1n) is 12.2. The van der Waals surface area contributed by atoms with E-state index in [0.29, 0.717) is 25.8 Å². The molecule has 10 nitrogen and oxygen atoms in total. The summed E-state index contributed by atoms with van der Waals surface area (Å²) in [5, 5.41) is 17.9. The minimum atomic E-state index is -1.00. The van der Waals surface area contributed by atoms with Crippen molar-refractivity contribution in [3.63, 3.8) is 0 Å². The molecule has 0 unspecified atom stereocenters. The lowest BCUT2D eigenvalue weighted by atomic mass is 9.95. The molecular weight excluding hydrogens is 466 g/mol. The number of hydrogen-bond donors (Lipinski definition) is 4. The second kappa shape index (κ2) is 14.3. The summed E-state index contributed by atoms with van der Waals surface area (Å²) in [6, 6.07) is 1.34. The van der Waals surface area contributed by atoms with Gasteiger partial charge in [-0.15, -0.1) is 0 Å². The number of carbonyl (C=O) groups is 4. The molecule has 3 amide bonds. The number of amides is 3. The number of unbranched alkanes of at least 4 members (excludes halogenated alkanes) is 2. The van der Waals surface area contributed by atoms with Gasteiger partial charge in [-0.2, -0.15) is 0 Å². The van der Waals surface area contributed by atoms with Gasteiger partial charge in [-0.05, 0) is 83.2 Å². The lowest BCUT2D eigenvalue weighted by Crippen LogP contribution is -2.54. The first-order chi connectivity index (χ1) is 16.7. The zero-order chi connectivity index (χ0) is 27.5. The molecule has 0 spiro atoms. The number of aromatic hydroxyl groups is 1. The highest BCUT2D eigenvalue weighted by Gasteiger charge is 2.28. The number of methoxy groups -OCH3 is 1. The quantitative estimate of drug-likeness (QED) is 0.252. The van der Waals surface area contributed by atoms with Crippen molar-refractivity contribution in [1.29, 1.82) is 0 Å². The fourth-order valence-electron chi connectivity index (χ4n) is 3.57. The zero-order valence-corrected chi connectivity index (χ0v) is 22.4. The predicted molar refractivity (Wildman–Crippen MR) is 136 cm³/mol. The molecule has 36 heavy (non-hydrogen) atoms. The van der Waals surface area contributed by atoms with Crippen molar-refractivity contribution in [3.05, 3.63) is 28.8 Å². The minimum absolute atomic E-state index is 0.116. The van der Waals surface area contributed by atoms with Crippen LogP contribution in [0.25, 0.3) is 0 Å². The lowest BCUT2D eigenvalue weighted by Gasteiger charge is -2.25. The Bertz CT molecular complexity index is 902. The van der Waals surface area contributed by atoms with E-state index in [9.17, 15) is 24.3 Å². The van der Waals surface area contributed by atoms with Crippen molar-refractivity contribution in [3.8, 4) is 5.75 Å². The van der Waals surface area contributed by atoms with Crippen LogP contribution in [0.4, 0.5) is 4.79 Å². The molecule has 0 aliphatic heterocycles. The average Bonchev–Trinajstić information content (AvgIpc) is 2.75. The van der Waals surface area contributed by atoms with Crippen LogP contribution >= 0.6 is 0 Å². The molecule has 0 radical (unpaired) electrons. The Morgan fingerprint density at radius 2 is 1.58 bits per heavy atom. The number of carbonyl (C=O) groups excluding carboxylic acids is 4. The van der Waals surface area contributed by atoms with Crippen LogP contribution in [-0.2, 0) is 30.3 Å². The summed E-state index contributed by atoms with van der Waals surface area (Å²) in [4.78, 5) is 49.1. The molecule has 0 aliphatic carbocycles. The molecule has 0 heterocycles. The first-order valence-corrected chi connectivity index (χ1v) is 12.2. The van der Waals surface area contributed by atoms with Gasteiger partial charge in [-0.3, -0.25) is 14.4 Å². The number of rotatable bonds is 12. The third-order valence-corrected chi connectivity index (χ3v) is 5.43. The Morgan fingerprint density at radius 3 is 2.14 bits per heavy atom. The van der Waals surface area contributed by atoms with Crippen molar-refractivity contribution in [2.45, 2.75) is 91.3 Å². The molecule has 1 rings (SSSR count). The van der Waals surface area contributed by atoms with E-state index in [1.165, 1.54) is 7.11 Å². The Labute approximate surface area is 213 Å². The monoisotopic (exact) mass is 507 g/mol. The molecule has 0 aromatic heterocycles. The van der Waals surface area contributed by atoms with Crippen molar-refractivity contribution in [1.82, 2.24) is 16.0 Å². The lowest BCUT2D eigenvalue weighted by molar-refractivity contribution is -0.140. The van der Waals surface area contributed by atoms with Crippen LogP contribution in [0.1, 0.15) is 70.1 Å². The van der Waals surface area contributed by atoms with Gasteiger partial charge in [0.05, 0.1) is 7.11 Å². The molecule has 4 N–H and O–H groups in total. The summed E-state index contributed by atoms with van der Waals surface area (Å²) in [7, 11) is 1.35. The number of phenols is 1. The van der Waals surface area contributed by atoms with Crippen molar-refractivity contribution in [2.24, 2.45) is 0 Å². The molecule has 0 aliphatic rings. The SMILES string of the molecule is COC(=O)CCCCCNC(=O)[C@@H](C)NC(=O)[C@H](Cc1c(C)cc(O)cc1C)NC(=O)OC(C)(C)C.